The molecular weight excluding hydrogens is 416 g/mol. The first kappa shape index (κ1) is 20.8. The van der Waals surface area contributed by atoms with Crippen LogP contribution < -0.4 is 5.32 Å². The van der Waals surface area contributed by atoms with Crippen LogP contribution in [0.15, 0.2) is 46.9 Å². The minimum absolute atomic E-state index is 0.00935. The van der Waals surface area contributed by atoms with Gasteiger partial charge in [0.1, 0.15) is 5.82 Å². The summed E-state index contributed by atoms with van der Waals surface area (Å²) < 4.78 is 2.21. The number of hydrogen-bond acceptors (Lipinski definition) is 6. The Morgan fingerprint density at radius 2 is 2.00 bits per heavy atom. The van der Waals surface area contributed by atoms with E-state index in [1.165, 1.54) is 16.6 Å². The van der Waals surface area contributed by atoms with E-state index in [1.54, 1.807) is 35.6 Å². The van der Waals surface area contributed by atoms with E-state index in [1.807, 2.05) is 13.0 Å². The van der Waals surface area contributed by atoms with Crippen LogP contribution in [-0.2, 0) is 11.2 Å². The van der Waals surface area contributed by atoms with Gasteiger partial charge < -0.3 is 9.88 Å². The molecule has 0 spiro atoms. The number of thiophene rings is 1. The first-order valence-corrected chi connectivity index (χ1v) is 12.0. The maximum atomic E-state index is 12.6. The van der Waals surface area contributed by atoms with Crippen molar-refractivity contribution >= 4 is 40.5 Å². The van der Waals surface area contributed by atoms with Crippen LogP contribution in [0.2, 0.25) is 0 Å². The number of benzene rings is 1. The molecule has 30 heavy (non-hydrogen) atoms. The van der Waals surface area contributed by atoms with Gasteiger partial charge in [0, 0.05) is 35.0 Å². The number of rotatable bonds is 10. The molecule has 1 aromatic carbocycles. The third kappa shape index (κ3) is 5.17. The van der Waals surface area contributed by atoms with Crippen molar-refractivity contribution in [3.63, 3.8) is 0 Å². The van der Waals surface area contributed by atoms with Gasteiger partial charge in [0.25, 0.3) is 0 Å². The second kappa shape index (κ2) is 9.57. The van der Waals surface area contributed by atoms with Crippen LogP contribution in [0.5, 0.6) is 0 Å². The van der Waals surface area contributed by atoms with Crippen LogP contribution in [-0.4, -0.2) is 32.2 Å². The summed E-state index contributed by atoms with van der Waals surface area (Å²) in [7, 11) is 0. The molecule has 1 amide bonds. The third-order valence-electron chi connectivity index (χ3n) is 4.86. The van der Waals surface area contributed by atoms with Gasteiger partial charge in [0.2, 0.25) is 5.91 Å². The van der Waals surface area contributed by atoms with E-state index in [2.05, 4.69) is 31.5 Å². The smallest absolute Gasteiger partial charge is 0.224 e. The Hall–Kier alpha value is -2.45. The van der Waals surface area contributed by atoms with Gasteiger partial charge in [0.15, 0.2) is 10.9 Å². The normalized spacial score (nSPS) is 13.4. The third-order valence-corrected chi connectivity index (χ3v) is 6.68. The van der Waals surface area contributed by atoms with Gasteiger partial charge in [-0.25, -0.2) is 0 Å². The summed E-state index contributed by atoms with van der Waals surface area (Å²) >= 11 is 3.17. The zero-order chi connectivity index (χ0) is 20.9. The van der Waals surface area contributed by atoms with Crippen molar-refractivity contribution < 1.29 is 9.59 Å². The predicted molar refractivity (Wildman–Crippen MR) is 120 cm³/mol. The minimum atomic E-state index is -0.00935. The number of thioether (sulfide) groups is 1. The Kier molecular flexibility index (Phi) is 6.64. The largest absolute Gasteiger partial charge is 0.326 e. The molecule has 0 saturated heterocycles. The van der Waals surface area contributed by atoms with Crippen LogP contribution in [0.1, 0.15) is 59.7 Å². The van der Waals surface area contributed by atoms with E-state index in [9.17, 15) is 9.59 Å². The monoisotopic (exact) mass is 440 g/mol. The number of nitrogens with one attached hydrogen (secondary N) is 1. The molecule has 0 atom stereocenters. The number of amides is 1. The van der Waals surface area contributed by atoms with Crippen LogP contribution in [0, 0.1) is 0 Å². The van der Waals surface area contributed by atoms with Crippen molar-refractivity contribution in [2.45, 2.75) is 50.2 Å². The molecule has 1 saturated carbocycles. The zero-order valence-corrected chi connectivity index (χ0v) is 18.5. The number of Topliss-reactive ketones (excluding diaryl/α,β-unsaturated/α-hetero) is 1. The van der Waals surface area contributed by atoms with Gasteiger partial charge in [-0.15, -0.1) is 21.5 Å². The van der Waals surface area contributed by atoms with E-state index in [-0.39, 0.29) is 11.7 Å². The fourth-order valence-electron chi connectivity index (χ4n) is 3.20. The molecule has 2 heterocycles. The average Bonchev–Trinajstić information content (AvgIpc) is 3.29. The van der Waals surface area contributed by atoms with Crippen LogP contribution in [0.25, 0.3) is 0 Å². The lowest BCUT2D eigenvalue weighted by atomic mass is 10.1. The number of aromatic nitrogens is 3. The summed E-state index contributed by atoms with van der Waals surface area (Å²) in [5.41, 5.74) is 1.34. The molecule has 8 heteroatoms. The molecule has 3 aromatic rings. The highest BCUT2D eigenvalue weighted by Crippen LogP contribution is 2.39. The number of nitrogens with zero attached hydrogens (tertiary/aromatic N) is 3. The maximum absolute atomic E-state index is 12.6. The quantitative estimate of drug-likeness (QED) is 0.355. The fraction of sp³-hybridized carbons (Fsp3) is 0.364. The Labute approximate surface area is 184 Å². The van der Waals surface area contributed by atoms with Gasteiger partial charge >= 0.3 is 0 Å². The summed E-state index contributed by atoms with van der Waals surface area (Å²) in [4.78, 5) is 25.6. The highest BCUT2D eigenvalue weighted by molar-refractivity contribution is 7.99. The van der Waals surface area contributed by atoms with Gasteiger partial charge in [-0.1, -0.05) is 24.8 Å². The lowest BCUT2D eigenvalue weighted by Gasteiger charge is -2.08. The lowest BCUT2D eigenvalue weighted by molar-refractivity contribution is -0.116. The molecule has 156 valence electrons. The SMILES string of the molecule is CCCC(=O)Nc1ccc(C(=O)CSc2nnc(Cc3cccs3)n2C2CC2)cc1. The predicted octanol–water partition coefficient (Wildman–Crippen LogP) is 4.98. The highest BCUT2D eigenvalue weighted by atomic mass is 32.2. The Morgan fingerprint density at radius 1 is 1.20 bits per heavy atom. The lowest BCUT2D eigenvalue weighted by Crippen LogP contribution is -2.11. The second-order valence-electron chi connectivity index (χ2n) is 7.34. The van der Waals surface area contributed by atoms with Gasteiger partial charge in [0.05, 0.1) is 5.75 Å². The van der Waals surface area contributed by atoms with Crippen LogP contribution >= 0.6 is 23.1 Å². The molecule has 1 aliphatic carbocycles. The number of carbonyl (C=O) groups excluding carboxylic acids is 2. The van der Waals surface area contributed by atoms with E-state index < -0.39 is 0 Å². The van der Waals surface area contributed by atoms with Crippen molar-refractivity contribution in [3.05, 3.63) is 58.0 Å². The van der Waals surface area contributed by atoms with Gasteiger partial charge in [-0.2, -0.15) is 0 Å². The molecular formula is C22H24N4O2S2. The van der Waals surface area contributed by atoms with Crippen molar-refractivity contribution in [3.8, 4) is 0 Å². The summed E-state index contributed by atoms with van der Waals surface area (Å²) in [6.45, 7) is 1.97. The summed E-state index contributed by atoms with van der Waals surface area (Å²) in [5.74, 6) is 1.31. The molecule has 1 N–H and O–H groups in total. The van der Waals surface area contributed by atoms with Crippen molar-refractivity contribution in [1.82, 2.24) is 14.8 Å². The summed E-state index contributed by atoms with van der Waals surface area (Å²) in [6, 6.07) is 11.7. The van der Waals surface area contributed by atoms with Crippen molar-refractivity contribution in [2.75, 3.05) is 11.1 Å². The maximum Gasteiger partial charge on any atom is 0.224 e. The molecule has 0 radical (unpaired) electrons. The molecule has 0 bridgehead atoms. The zero-order valence-electron chi connectivity index (χ0n) is 16.8. The number of hydrogen-bond donors (Lipinski definition) is 1. The standard InChI is InChI=1S/C22H24N4O2S2/c1-2-4-21(28)23-16-8-6-15(7-9-16)19(27)14-30-22-25-24-20(26(22)17-10-11-17)13-18-5-3-12-29-18/h3,5-9,12,17H,2,4,10-11,13-14H2,1H3,(H,23,28). The van der Waals surface area contributed by atoms with Gasteiger partial charge in [-0.05, 0) is 55.0 Å². The fourth-order valence-corrected chi connectivity index (χ4v) is 4.82. The number of carbonyl (C=O) groups is 2. The van der Waals surface area contributed by atoms with Crippen molar-refractivity contribution in [2.24, 2.45) is 0 Å². The first-order valence-electron chi connectivity index (χ1n) is 10.2. The Bertz CT molecular complexity index is 1010. The molecule has 1 fully saturated rings. The minimum Gasteiger partial charge on any atom is -0.326 e. The number of ketones is 1. The number of anilines is 1. The van der Waals surface area contributed by atoms with E-state index in [4.69, 9.17) is 0 Å². The summed E-state index contributed by atoms with van der Waals surface area (Å²) in [5, 5.41) is 14.5. The van der Waals surface area contributed by atoms with E-state index in [0.717, 1.165) is 36.7 Å². The highest BCUT2D eigenvalue weighted by Gasteiger charge is 2.30. The van der Waals surface area contributed by atoms with Crippen LogP contribution in [0.3, 0.4) is 0 Å². The first-order chi connectivity index (χ1) is 14.6. The van der Waals surface area contributed by atoms with Crippen molar-refractivity contribution in [1.29, 1.82) is 0 Å². The van der Waals surface area contributed by atoms with E-state index in [0.29, 0.717) is 29.5 Å². The molecule has 0 unspecified atom stereocenters. The van der Waals surface area contributed by atoms with Gasteiger partial charge in [-0.3, -0.25) is 9.59 Å². The molecule has 2 aromatic heterocycles. The van der Waals surface area contributed by atoms with Crippen LogP contribution in [0.4, 0.5) is 5.69 Å². The summed E-state index contributed by atoms with van der Waals surface area (Å²) in [6.07, 6.45) is 4.36. The average molecular weight is 441 g/mol. The second-order valence-corrected chi connectivity index (χ2v) is 9.32. The Balaban J connectivity index is 1.38. The molecule has 0 aliphatic heterocycles. The topological polar surface area (TPSA) is 76.9 Å². The molecule has 1 aliphatic rings. The Morgan fingerprint density at radius 3 is 2.67 bits per heavy atom. The molecule has 6 nitrogen and oxygen atoms in total. The van der Waals surface area contributed by atoms with E-state index >= 15 is 0 Å². The molecule has 4 rings (SSSR count).